The van der Waals surface area contributed by atoms with Crippen molar-refractivity contribution in [2.24, 2.45) is 0 Å². The van der Waals surface area contributed by atoms with Crippen LogP contribution in [0.4, 0.5) is 0 Å². The van der Waals surface area contributed by atoms with Crippen LogP contribution in [-0.2, 0) is 18.7 Å². The van der Waals surface area contributed by atoms with Gasteiger partial charge >= 0.3 is 0 Å². The van der Waals surface area contributed by atoms with E-state index >= 15 is 0 Å². The van der Waals surface area contributed by atoms with Gasteiger partial charge in [-0.2, -0.15) is 0 Å². The second kappa shape index (κ2) is 8.16. The van der Waals surface area contributed by atoms with E-state index in [1.807, 2.05) is 18.2 Å². The SMILES string of the molecule is CCn1c(Cc2ccccc2)nnc1SCc1cc(=O)n2cc(Cl)ccc2n1. The molecule has 0 fully saturated rings. The summed E-state index contributed by atoms with van der Waals surface area (Å²) < 4.78 is 3.55. The lowest BCUT2D eigenvalue weighted by Crippen LogP contribution is -2.15. The number of hydrogen-bond donors (Lipinski definition) is 0. The molecule has 0 aliphatic heterocycles. The number of benzene rings is 1. The smallest absolute Gasteiger partial charge is 0.258 e. The van der Waals surface area contributed by atoms with Crippen LogP contribution >= 0.6 is 23.4 Å². The van der Waals surface area contributed by atoms with Gasteiger partial charge in [0.1, 0.15) is 11.5 Å². The minimum atomic E-state index is -0.148. The Morgan fingerprint density at radius 2 is 1.93 bits per heavy atom. The van der Waals surface area contributed by atoms with Gasteiger partial charge in [-0.1, -0.05) is 53.7 Å². The molecular formula is C20H18ClN5OS. The molecule has 0 radical (unpaired) electrons. The minimum Gasteiger partial charge on any atom is -0.306 e. The van der Waals surface area contributed by atoms with Crippen LogP contribution in [0.5, 0.6) is 0 Å². The number of thioether (sulfide) groups is 1. The predicted molar refractivity (Wildman–Crippen MR) is 111 cm³/mol. The van der Waals surface area contributed by atoms with E-state index in [2.05, 4.69) is 38.8 Å². The van der Waals surface area contributed by atoms with Crippen molar-refractivity contribution in [2.45, 2.75) is 30.8 Å². The first kappa shape index (κ1) is 18.7. The monoisotopic (exact) mass is 411 g/mol. The Labute approximate surface area is 171 Å². The summed E-state index contributed by atoms with van der Waals surface area (Å²) in [6, 6.07) is 15.2. The first-order chi connectivity index (χ1) is 13.6. The fraction of sp³-hybridized carbons (Fsp3) is 0.200. The van der Waals surface area contributed by atoms with E-state index in [0.717, 1.165) is 23.9 Å². The molecule has 0 amide bonds. The van der Waals surface area contributed by atoms with Crippen molar-refractivity contribution in [3.8, 4) is 0 Å². The summed E-state index contributed by atoms with van der Waals surface area (Å²) in [6.45, 7) is 2.86. The van der Waals surface area contributed by atoms with Gasteiger partial charge < -0.3 is 4.57 Å². The summed E-state index contributed by atoms with van der Waals surface area (Å²) in [5.41, 5.74) is 2.33. The molecule has 0 N–H and O–H groups in total. The minimum absolute atomic E-state index is 0.148. The maximum absolute atomic E-state index is 12.3. The molecule has 6 nitrogen and oxygen atoms in total. The van der Waals surface area contributed by atoms with Gasteiger partial charge in [-0.3, -0.25) is 9.20 Å². The van der Waals surface area contributed by atoms with Crippen LogP contribution in [0.3, 0.4) is 0 Å². The van der Waals surface area contributed by atoms with E-state index < -0.39 is 0 Å². The van der Waals surface area contributed by atoms with E-state index in [1.54, 1.807) is 18.3 Å². The lowest BCUT2D eigenvalue weighted by molar-refractivity contribution is 0.651. The van der Waals surface area contributed by atoms with Crippen LogP contribution < -0.4 is 5.56 Å². The highest BCUT2D eigenvalue weighted by Crippen LogP contribution is 2.22. The molecule has 4 aromatic rings. The van der Waals surface area contributed by atoms with E-state index in [0.29, 0.717) is 22.1 Å². The summed E-state index contributed by atoms with van der Waals surface area (Å²) in [4.78, 5) is 16.9. The maximum atomic E-state index is 12.3. The lowest BCUT2D eigenvalue weighted by Gasteiger charge is -2.08. The van der Waals surface area contributed by atoms with Crippen molar-refractivity contribution in [3.05, 3.63) is 87.2 Å². The van der Waals surface area contributed by atoms with Gasteiger partial charge in [0, 0.05) is 31.0 Å². The van der Waals surface area contributed by atoms with Crippen LogP contribution in [0, 0.1) is 0 Å². The average Bonchev–Trinajstić information content (AvgIpc) is 3.09. The zero-order chi connectivity index (χ0) is 19.5. The molecule has 28 heavy (non-hydrogen) atoms. The number of pyridine rings is 1. The molecule has 0 saturated carbocycles. The fourth-order valence-corrected chi connectivity index (χ4v) is 4.07. The number of fused-ring (bicyclic) bond motifs is 1. The lowest BCUT2D eigenvalue weighted by atomic mass is 10.1. The molecule has 1 aromatic carbocycles. The Balaban J connectivity index is 1.54. The summed E-state index contributed by atoms with van der Waals surface area (Å²) in [5, 5.41) is 10.0. The molecule has 8 heteroatoms. The van der Waals surface area contributed by atoms with E-state index in [9.17, 15) is 4.79 Å². The van der Waals surface area contributed by atoms with Crippen molar-refractivity contribution in [1.29, 1.82) is 0 Å². The second-order valence-electron chi connectivity index (χ2n) is 6.26. The molecule has 142 valence electrons. The zero-order valence-electron chi connectivity index (χ0n) is 15.2. The number of rotatable bonds is 6. The highest BCUT2D eigenvalue weighted by molar-refractivity contribution is 7.98. The van der Waals surface area contributed by atoms with Crippen molar-refractivity contribution in [3.63, 3.8) is 0 Å². The summed E-state index contributed by atoms with van der Waals surface area (Å²) in [7, 11) is 0. The second-order valence-corrected chi connectivity index (χ2v) is 7.63. The number of aromatic nitrogens is 5. The highest BCUT2D eigenvalue weighted by atomic mass is 35.5. The van der Waals surface area contributed by atoms with Crippen LogP contribution in [0.2, 0.25) is 5.02 Å². The van der Waals surface area contributed by atoms with Crippen molar-refractivity contribution in [1.82, 2.24) is 24.1 Å². The summed E-state index contributed by atoms with van der Waals surface area (Å²) in [6.07, 6.45) is 2.31. The molecule has 4 rings (SSSR count). The Morgan fingerprint density at radius 3 is 2.71 bits per heavy atom. The largest absolute Gasteiger partial charge is 0.306 e. The van der Waals surface area contributed by atoms with Crippen LogP contribution in [-0.4, -0.2) is 24.1 Å². The topological polar surface area (TPSA) is 65.1 Å². The van der Waals surface area contributed by atoms with Gasteiger partial charge in [0.2, 0.25) is 0 Å². The molecule has 3 heterocycles. The van der Waals surface area contributed by atoms with E-state index in [4.69, 9.17) is 11.6 Å². The third-order valence-electron chi connectivity index (χ3n) is 4.34. The molecule has 0 atom stereocenters. The van der Waals surface area contributed by atoms with Crippen LogP contribution in [0.25, 0.3) is 5.65 Å². The predicted octanol–water partition coefficient (Wildman–Crippen LogP) is 3.84. The average molecular weight is 412 g/mol. The van der Waals surface area contributed by atoms with Gasteiger partial charge in [-0.15, -0.1) is 10.2 Å². The number of nitrogens with zero attached hydrogens (tertiary/aromatic N) is 5. The molecule has 0 saturated heterocycles. The first-order valence-corrected chi connectivity index (χ1v) is 10.3. The maximum Gasteiger partial charge on any atom is 0.258 e. The van der Waals surface area contributed by atoms with Crippen molar-refractivity contribution in [2.75, 3.05) is 0 Å². The third-order valence-corrected chi connectivity index (χ3v) is 5.56. The van der Waals surface area contributed by atoms with Crippen molar-refractivity contribution < 1.29 is 0 Å². The van der Waals surface area contributed by atoms with Crippen LogP contribution in [0.1, 0.15) is 24.0 Å². The fourth-order valence-electron chi connectivity index (χ4n) is 2.99. The Morgan fingerprint density at radius 1 is 1.11 bits per heavy atom. The van der Waals surface area contributed by atoms with Gasteiger partial charge in [-0.25, -0.2) is 4.98 Å². The van der Waals surface area contributed by atoms with E-state index in [-0.39, 0.29) is 5.56 Å². The van der Waals surface area contributed by atoms with Gasteiger partial charge in [-0.05, 0) is 24.6 Å². The van der Waals surface area contributed by atoms with Crippen LogP contribution in [0.15, 0.2) is 64.7 Å². The Bertz CT molecular complexity index is 1170. The molecule has 0 aliphatic carbocycles. The molecule has 0 bridgehead atoms. The Hall–Kier alpha value is -2.64. The number of hydrogen-bond acceptors (Lipinski definition) is 5. The first-order valence-electron chi connectivity index (χ1n) is 8.90. The quantitative estimate of drug-likeness (QED) is 0.451. The summed E-state index contributed by atoms with van der Waals surface area (Å²) >= 11 is 7.48. The standard InChI is InChI=1S/C20H18ClN5OS/c1-2-25-18(10-14-6-4-3-5-7-14)23-24-20(25)28-13-16-11-19(27)26-12-15(21)8-9-17(26)22-16/h3-9,11-12H,2,10,13H2,1H3. The third kappa shape index (κ3) is 3.95. The molecule has 0 unspecified atom stereocenters. The van der Waals surface area contributed by atoms with Gasteiger partial charge in [0.15, 0.2) is 5.16 Å². The molecule has 0 aliphatic rings. The van der Waals surface area contributed by atoms with E-state index in [1.165, 1.54) is 27.8 Å². The summed E-state index contributed by atoms with van der Waals surface area (Å²) in [5.74, 6) is 1.47. The molecular weight excluding hydrogens is 394 g/mol. The van der Waals surface area contributed by atoms with Crippen molar-refractivity contribution >= 4 is 29.0 Å². The molecule has 3 aromatic heterocycles. The highest BCUT2D eigenvalue weighted by Gasteiger charge is 2.13. The number of halogens is 1. The normalized spacial score (nSPS) is 11.2. The Kier molecular flexibility index (Phi) is 5.45. The molecule has 0 spiro atoms. The van der Waals surface area contributed by atoms with Gasteiger partial charge in [0.05, 0.1) is 10.7 Å². The zero-order valence-corrected chi connectivity index (χ0v) is 16.8. The van der Waals surface area contributed by atoms with Gasteiger partial charge in [0.25, 0.3) is 5.56 Å².